The van der Waals surface area contributed by atoms with Crippen LogP contribution in [0.2, 0.25) is 0 Å². The summed E-state index contributed by atoms with van der Waals surface area (Å²) < 4.78 is 2.59. The molecule has 7 heteroatoms. The Kier molecular flexibility index (Phi) is 5.94. The van der Waals surface area contributed by atoms with Gasteiger partial charge in [0.1, 0.15) is 0 Å². The van der Waals surface area contributed by atoms with Gasteiger partial charge in [0, 0.05) is 13.0 Å². The van der Waals surface area contributed by atoms with Crippen molar-refractivity contribution in [1.29, 1.82) is 0 Å². The molecule has 2 heterocycles. The van der Waals surface area contributed by atoms with Crippen molar-refractivity contribution in [3.63, 3.8) is 0 Å². The Morgan fingerprint density at radius 2 is 1.76 bits per heavy atom. The average Bonchev–Trinajstić information content (AvgIpc) is 3.27. The van der Waals surface area contributed by atoms with E-state index in [1.54, 1.807) is 11.0 Å². The first-order valence-electron chi connectivity index (χ1n) is 11.2. The van der Waals surface area contributed by atoms with Crippen molar-refractivity contribution < 1.29 is 4.79 Å². The lowest BCUT2D eigenvalue weighted by Crippen LogP contribution is -2.32. The fraction of sp³-hybridized carbons (Fsp3) is 0.185. The first-order chi connectivity index (χ1) is 16.5. The lowest BCUT2D eigenvalue weighted by Gasteiger charge is -2.20. The van der Waals surface area contributed by atoms with Crippen LogP contribution in [0.5, 0.6) is 0 Å². The third kappa shape index (κ3) is 4.34. The summed E-state index contributed by atoms with van der Waals surface area (Å²) >= 11 is 1.53. The van der Waals surface area contributed by atoms with Crippen molar-refractivity contribution in [3.05, 3.63) is 100 Å². The summed E-state index contributed by atoms with van der Waals surface area (Å²) in [5.74, 6) is -0.0858. The topological polar surface area (TPSA) is 68.1 Å². The summed E-state index contributed by atoms with van der Waals surface area (Å²) in [5, 5.41) is 1.22. The van der Waals surface area contributed by atoms with Crippen molar-refractivity contribution >= 4 is 43.5 Å². The van der Waals surface area contributed by atoms with Crippen molar-refractivity contribution in [3.8, 4) is 0 Å². The number of aromatic nitrogens is 3. The van der Waals surface area contributed by atoms with Crippen LogP contribution in [0.1, 0.15) is 23.1 Å². The van der Waals surface area contributed by atoms with E-state index in [0.29, 0.717) is 22.6 Å². The molecule has 0 unspecified atom stereocenters. The number of aryl methyl sites for hydroxylation is 3. The summed E-state index contributed by atoms with van der Waals surface area (Å²) in [6.07, 6.45) is 1.68. The van der Waals surface area contributed by atoms with Crippen LogP contribution in [-0.2, 0) is 17.9 Å². The number of benzene rings is 3. The van der Waals surface area contributed by atoms with E-state index in [2.05, 4.69) is 18.0 Å². The van der Waals surface area contributed by atoms with Gasteiger partial charge in [0.2, 0.25) is 5.91 Å². The van der Waals surface area contributed by atoms with Crippen LogP contribution < -0.4 is 10.5 Å². The zero-order chi connectivity index (χ0) is 23.7. The molecule has 0 aliphatic heterocycles. The molecule has 0 saturated heterocycles. The van der Waals surface area contributed by atoms with Crippen LogP contribution in [0.3, 0.4) is 0 Å². The summed E-state index contributed by atoms with van der Waals surface area (Å²) in [4.78, 5) is 37.2. The number of hydrogen-bond donors (Lipinski definition) is 0. The molecule has 0 bridgehead atoms. The SMILES string of the molecule is Cc1cc(C)c2sc(N(Cc3ccccc3)C(=O)CCn3cnc4ccccc4c3=O)nc2c1. The molecule has 5 rings (SSSR count). The highest BCUT2D eigenvalue weighted by Crippen LogP contribution is 2.33. The monoisotopic (exact) mass is 468 g/mol. The maximum atomic E-state index is 13.5. The van der Waals surface area contributed by atoms with Gasteiger partial charge in [-0.2, -0.15) is 0 Å². The molecule has 3 aromatic carbocycles. The molecule has 0 spiro atoms. The van der Waals surface area contributed by atoms with Crippen LogP contribution in [0.4, 0.5) is 5.13 Å². The van der Waals surface area contributed by atoms with Gasteiger partial charge < -0.3 is 0 Å². The van der Waals surface area contributed by atoms with Gasteiger partial charge in [-0.05, 0) is 48.7 Å². The second-order valence-corrected chi connectivity index (χ2v) is 9.38. The maximum Gasteiger partial charge on any atom is 0.261 e. The first-order valence-corrected chi connectivity index (χ1v) is 12.0. The predicted octanol–water partition coefficient (Wildman–Crippen LogP) is 5.25. The van der Waals surface area contributed by atoms with Crippen molar-refractivity contribution in [2.45, 2.75) is 33.4 Å². The van der Waals surface area contributed by atoms with E-state index in [4.69, 9.17) is 4.98 Å². The Balaban J connectivity index is 1.45. The van der Waals surface area contributed by atoms with Crippen molar-refractivity contribution in [1.82, 2.24) is 14.5 Å². The quantitative estimate of drug-likeness (QED) is 0.341. The molecule has 34 heavy (non-hydrogen) atoms. The Morgan fingerprint density at radius 1 is 1.00 bits per heavy atom. The zero-order valence-electron chi connectivity index (χ0n) is 19.1. The number of nitrogens with zero attached hydrogens (tertiary/aromatic N) is 4. The molecule has 170 valence electrons. The number of hydrogen-bond acceptors (Lipinski definition) is 5. The number of carbonyl (C=O) groups is 1. The third-order valence-electron chi connectivity index (χ3n) is 5.82. The largest absolute Gasteiger partial charge is 0.298 e. The number of fused-ring (bicyclic) bond motifs is 2. The molecule has 6 nitrogen and oxygen atoms in total. The lowest BCUT2D eigenvalue weighted by molar-refractivity contribution is -0.119. The molecular weight excluding hydrogens is 444 g/mol. The van der Waals surface area contributed by atoms with Crippen LogP contribution >= 0.6 is 11.3 Å². The maximum absolute atomic E-state index is 13.5. The summed E-state index contributed by atoms with van der Waals surface area (Å²) in [6, 6.07) is 21.3. The van der Waals surface area contributed by atoms with E-state index >= 15 is 0 Å². The van der Waals surface area contributed by atoms with Crippen LogP contribution in [0.15, 0.2) is 77.9 Å². The average molecular weight is 469 g/mol. The summed E-state index contributed by atoms with van der Waals surface area (Å²) in [5.41, 5.74) is 4.73. The van der Waals surface area contributed by atoms with E-state index in [1.165, 1.54) is 22.2 Å². The lowest BCUT2D eigenvalue weighted by atomic mass is 10.1. The standard InChI is InChI=1S/C27H24N4O2S/c1-18-14-19(2)25-23(15-18)29-27(34-25)31(16-20-8-4-3-5-9-20)24(32)12-13-30-17-28-22-11-7-6-10-21(22)26(30)33/h3-11,14-15,17H,12-13,16H2,1-2H3. The number of amides is 1. The van der Waals surface area contributed by atoms with Gasteiger partial charge in [0.25, 0.3) is 5.56 Å². The summed E-state index contributed by atoms with van der Waals surface area (Å²) in [6.45, 7) is 4.79. The minimum absolute atomic E-state index is 0.0858. The van der Waals surface area contributed by atoms with E-state index in [0.717, 1.165) is 26.9 Å². The van der Waals surface area contributed by atoms with E-state index in [1.807, 2.05) is 61.5 Å². The molecule has 5 aromatic rings. The molecule has 0 N–H and O–H groups in total. The van der Waals surface area contributed by atoms with Gasteiger partial charge in [-0.1, -0.05) is 59.9 Å². The highest BCUT2D eigenvalue weighted by atomic mass is 32.1. The second-order valence-electron chi connectivity index (χ2n) is 8.40. The number of rotatable bonds is 6. The Labute approximate surface area is 201 Å². The number of thiazole rings is 1. The van der Waals surface area contributed by atoms with Gasteiger partial charge in [0.15, 0.2) is 5.13 Å². The minimum atomic E-state index is -0.140. The normalized spacial score (nSPS) is 11.2. The van der Waals surface area contributed by atoms with Crippen LogP contribution in [0.25, 0.3) is 21.1 Å². The number of carbonyl (C=O) groups excluding carboxylic acids is 1. The van der Waals surface area contributed by atoms with Gasteiger partial charge in [0.05, 0.1) is 34.0 Å². The van der Waals surface area contributed by atoms with Crippen molar-refractivity contribution in [2.24, 2.45) is 0 Å². The van der Waals surface area contributed by atoms with Gasteiger partial charge >= 0.3 is 0 Å². The molecule has 0 atom stereocenters. The highest BCUT2D eigenvalue weighted by molar-refractivity contribution is 7.22. The second kappa shape index (κ2) is 9.19. The number of para-hydroxylation sites is 1. The third-order valence-corrected chi connectivity index (χ3v) is 7.05. The Bertz CT molecular complexity index is 1560. The van der Waals surface area contributed by atoms with E-state index in [-0.39, 0.29) is 24.4 Å². The highest BCUT2D eigenvalue weighted by Gasteiger charge is 2.21. The summed E-state index contributed by atoms with van der Waals surface area (Å²) in [7, 11) is 0. The molecule has 0 fully saturated rings. The molecule has 0 aliphatic carbocycles. The first kappa shape index (κ1) is 22.0. The zero-order valence-corrected chi connectivity index (χ0v) is 19.9. The van der Waals surface area contributed by atoms with Gasteiger partial charge in [-0.3, -0.25) is 19.1 Å². The molecular formula is C27H24N4O2S. The van der Waals surface area contributed by atoms with Crippen molar-refractivity contribution in [2.75, 3.05) is 4.90 Å². The fourth-order valence-electron chi connectivity index (χ4n) is 4.13. The molecule has 2 aromatic heterocycles. The van der Waals surface area contributed by atoms with E-state index in [9.17, 15) is 9.59 Å². The fourth-order valence-corrected chi connectivity index (χ4v) is 5.16. The van der Waals surface area contributed by atoms with Crippen LogP contribution in [0, 0.1) is 13.8 Å². The van der Waals surface area contributed by atoms with E-state index < -0.39 is 0 Å². The molecule has 0 radical (unpaired) electrons. The van der Waals surface area contributed by atoms with Gasteiger partial charge in [-0.25, -0.2) is 9.97 Å². The van der Waals surface area contributed by atoms with Gasteiger partial charge in [-0.15, -0.1) is 0 Å². The molecule has 0 aliphatic rings. The van der Waals surface area contributed by atoms with Crippen LogP contribution in [-0.4, -0.2) is 20.4 Å². The Morgan fingerprint density at radius 3 is 2.59 bits per heavy atom. The molecule has 0 saturated carbocycles. The molecule has 1 amide bonds. The smallest absolute Gasteiger partial charge is 0.261 e. The number of anilines is 1. The predicted molar refractivity (Wildman–Crippen MR) is 137 cm³/mol. The minimum Gasteiger partial charge on any atom is -0.298 e. The Hall–Kier alpha value is -3.84.